The van der Waals surface area contributed by atoms with Gasteiger partial charge in [0.05, 0.1) is 5.56 Å². The Hall–Kier alpha value is -3.68. The largest absolute Gasteiger partial charge is 0.505 e. The second kappa shape index (κ2) is 7.86. The number of nitrogens with one attached hydrogen (secondary N) is 1. The molecule has 0 atom stereocenters. The highest BCUT2D eigenvalue weighted by Crippen LogP contribution is 2.35. The minimum atomic E-state index is -4.49. The zero-order chi connectivity index (χ0) is 22.2. The third-order valence-corrected chi connectivity index (χ3v) is 4.92. The number of aryl methyl sites for hydroxylation is 2. The highest BCUT2D eigenvalue weighted by molar-refractivity contribution is 5.86. The van der Waals surface area contributed by atoms with Gasteiger partial charge in [0.25, 0.3) is 0 Å². The number of alkyl halides is 3. The number of fused-ring (bicyclic) bond motifs is 1. The standard InChI is InChI=1S/C23H19F3N4O/c1-13-3-4-15-5-6-17(21(31)20(15)28-13)11-16-7-8-18(23(24,25)26)12-19(16)30-22-27-10-9-14(2)29-22/h3-10,12,31H,11H2,1-2H3,(H,27,29,30). The zero-order valence-corrected chi connectivity index (χ0v) is 16.8. The number of hydrogen-bond acceptors (Lipinski definition) is 5. The van der Waals surface area contributed by atoms with E-state index in [-0.39, 0.29) is 23.8 Å². The predicted octanol–water partition coefficient (Wildman–Crippen LogP) is 5.70. The molecule has 0 bridgehead atoms. The summed E-state index contributed by atoms with van der Waals surface area (Å²) in [5.41, 5.74) is 2.44. The number of halogens is 3. The average Bonchev–Trinajstić information content (AvgIpc) is 2.71. The van der Waals surface area contributed by atoms with Crippen LogP contribution in [-0.2, 0) is 12.6 Å². The number of hydrogen-bond donors (Lipinski definition) is 2. The molecule has 0 saturated carbocycles. The van der Waals surface area contributed by atoms with Crippen LogP contribution in [0.3, 0.4) is 0 Å². The summed E-state index contributed by atoms with van der Waals surface area (Å²) < 4.78 is 39.9. The van der Waals surface area contributed by atoms with E-state index >= 15 is 0 Å². The predicted molar refractivity (Wildman–Crippen MR) is 112 cm³/mol. The van der Waals surface area contributed by atoms with Crippen molar-refractivity contribution in [3.05, 3.63) is 82.8 Å². The first-order chi connectivity index (χ1) is 14.7. The molecule has 2 N–H and O–H groups in total. The fraction of sp³-hybridized carbons (Fsp3) is 0.174. The van der Waals surface area contributed by atoms with Crippen LogP contribution in [0, 0.1) is 13.8 Å². The van der Waals surface area contributed by atoms with Crippen molar-refractivity contribution in [2.45, 2.75) is 26.4 Å². The fourth-order valence-electron chi connectivity index (χ4n) is 3.31. The first-order valence-electron chi connectivity index (χ1n) is 9.56. The molecule has 0 aliphatic heterocycles. The lowest BCUT2D eigenvalue weighted by molar-refractivity contribution is -0.137. The lowest BCUT2D eigenvalue weighted by Crippen LogP contribution is -2.08. The van der Waals surface area contributed by atoms with Gasteiger partial charge in [-0.15, -0.1) is 0 Å². The number of aromatic hydroxyl groups is 1. The van der Waals surface area contributed by atoms with Gasteiger partial charge < -0.3 is 10.4 Å². The van der Waals surface area contributed by atoms with Crippen LogP contribution in [0.5, 0.6) is 5.75 Å². The van der Waals surface area contributed by atoms with Crippen molar-refractivity contribution in [2.24, 2.45) is 0 Å². The Labute approximate surface area is 176 Å². The molecule has 2 heterocycles. The molecular formula is C23H19F3N4O. The van der Waals surface area contributed by atoms with Gasteiger partial charge in [-0.05, 0) is 43.7 Å². The van der Waals surface area contributed by atoms with Crippen LogP contribution >= 0.6 is 0 Å². The van der Waals surface area contributed by atoms with Gasteiger partial charge in [-0.2, -0.15) is 13.2 Å². The van der Waals surface area contributed by atoms with E-state index in [4.69, 9.17) is 0 Å². The molecule has 0 spiro atoms. The lowest BCUT2D eigenvalue weighted by atomic mass is 9.99. The monoisotopic (exact) mass is 424 g/mol. The molecule has 0 amide bonds. The first kappa shape index (κ1) is 20.6. The molecule has 2 aromatic carbocycles. The van der Waals surface area contributed by atoms with Crippen molar-refractivity contribution in [1.82, 2.24) is 15.0 Å². The van der Waals surface area contributed by atoms with Crippen LogP contribution in [0.2, 0.25) is 0 Å². The highest BCUT2D eigenvalue weighted by atomic mass is 19.4. The van der Waals surface area contributed by atoms with Gasteiger partial charge in [-0.3, -0.25) is 0 Å². The van der Waals surface area contributed by atoms with Gasteiger partial charge >= 0.3 is 6.18 Å². The molecule has 158 valence electrons. The van der Waals surface area contributed by atoms with Crippen LogP contribution in [-0.4, -0.2) is 20.1 Å². The smallest absolute Gasteiger partial charge is 0.416 e. The quantitative estimate of drug-likeness (QED) is 0.440. The van der Waals surface area contributed by atoms with Crippen molar-refractivity contribution in [1.29, 1.82) is 0 Å². The number of phenols is 1. The van der Waals surface area contributed by atoms with Gasteiger partial charge in [-0.1, -0.05) is 24.3 Å². The molecule has 0 aliphatic carbocycles. The maximum Gasteiger partial charge on any atom is 0.416 e. The lowest BCUT2D eigenvalue weighted by Gasteiger charge is -2.16. The normalized spacial score (nSPS) is 11.6. The van der Waals surface area contributed by atoms with E-state index in [0.717, 1.165) is 23.2 Å². The Morgan fingerprint density at radius 3 is 2.35 bits per heavy atom. The summed E-state index contributed by atoms with van der Waals surface area (Å²) in [6.45, 7) is 3.59. The molecule has 4 rings (SSSR count). The molecule has 0 radical (unpaired) electrons. The number of rotatable bonds is 4. The zero-order valence-electron chi connectivity index (χ0n) is 16.8. The van der Waals surface area contributed by atoms with E-state index < -0.39 is 11.7 Å². The third kappa shape index (κ3) is 4.42. The maximum atomic E-state index is 13.3. The van der Waals surface area contributed by atoms with Crippen molar-refractivity contribution in [2.75, 3.05) is 5.32 Å². The number of benzene rings is 2. The van der Waals surface area contributed by atoms with Gasteiger partial charge in [0.15, 0.2) is 0 Å². The molecule has 0 fully saturated rings. The van der Waals surface area contributed by atoms with E-state index in [9.17, 15) is 18.3 Å². The van der Waals surface area contributed by atoms with E-state index in [1.165, 1.54) is 12.3 Å². The molecule has 0 unspecified atom stereocenters. The fourth-order valence-corrected chi connectivity index (χ4v) is 3.31. The van der Waals surface area contributed by atoms with Crippen LogP contribution < -0.4 is 5.32 Å². The summed E-state index contributed by atoms with van der Waals surface area (Å²) in [6.07, 6.45) is -2.76. The van der Waals surface area contributed by atoms with E-state index in [1.807, 2.05) is 25.1 Å². The second-order valence-corrected chi connectivity index (χ2v) is 7.29. The summed E-state index contributed by atoms with van der Waals surface area (Å²) in [5, 5.41) is 14.4. The number of aromatic nitrogens is 3. The van der Waals surface area contributed by atoms with Crippen molar-refractivity contribution < 1.29 is 18.3 Å². The Balaban J connectivity index is 1.77. The van der Waals surface area contributed by atoms with Crippen molar-refractivity contribution >= 4 is 22.5 Å². The molecule has 2 aromatic heterocycles. The minimum absolute atomic E-state index is 0.0128. The molecule has 31 heavy (non-hydrogen) atoms. The van der Waals surface area contributed by atoms with Crippen LogP contribution in [0.15, 0.2) is 54.7 Å². The van der Waals surface area contributed by atoms with E-state index in [2.05, 4.69) is 20.3 Å². The Kier molecular flexibility index (Phi) is 5.22. The summed E-state index contributed by atoms with van der Waals surface area (Å²) in [6, 6.07) is 12.4. The Morgan fingerprint density at radius 1 is 0.903 bits per heavy atom. The van der Waals surface area contributed by atoms with Crippen LogP contribution in [0.4, 0.5) is 24.8 Å². The molecule has 8 heteroatoms. The van der Waals surface area contributed by atoms with E-state index in [1.54, 1.807) is 19.1 Å². The van der Waals surface area contributed by atoms with E-state index in [0.29, 0.717) is 22.3 Å². The number of anilines is 2. The van der Waals surface area contributed by atoms with Gasteiger partial charge in [0, 0.05) is 40.6 Å². The highest BCUT2D eigenvalue weighted by Gasteiger charge is 2.31. The van der Waals surface area contributed by atoms with Gasteiger partial charge in [0.2, 0.25) is 5.95 Å². The number of phenolic OH excluding ortho intramolecular Hbond substituents is 1. The van der Waals surface area contributed by atoms with Crippen LogP contribution in [0.1, 0.15) is 28.1 Å². The number of nitrogens with zero attached hydrogens (tertiary/aromatic N) is 3. The third-order valence-electron chi connectivity index (χ3n) is 4.92. The second-order valence-electron chi connectivity index (χ2n) is 7.29. The molecule has 0 saturated heterocycles. The van der Waals surface area contributed by atoms with Crippen molar-refractivity contribution in [3.8, 4) is 5.75 Å². The molecule has 5 nitrogen and oxygen atoms in total. The Bertz CT molecular complexity index is 1270. The average molecular weight is 424 g/mol. The molecule has 4 aromatic rings. The number of pyridine rings is 1. The van der Waals surface area contributed by atoms with Gasteiger partial charge in [0.1, 0.15) is 11.3 Å². The summed E-state index contributed by atoms with van der Waals surface area (Å²) in [7, 11) is 0. The summed E-state index contributed by atoms with van der Waals surface area (Å²) in [5.74, 6) is 0.208. The first-order valence-corrected chi connectivity index (χ1v) is 9.56. The van der Waals surface area contributed by atoms with Gasteiger partial charge in [-0.25, -0.2) is 15.0 Å². The molecule has 0 aliphatic rings. The van der Waals surface area contributed by atoms with Crippen LogP contribution in [0.25, 0.3) is 10.9 Å². The maximum absolute atomic E-state index is 13.3. The van der Waals surface area contributed by atoms with Crippen molar-refractivity contribution in [3.63, 3.8) is 0 Å². The SMILES string of the molecule is Cc1ccnc(Nc2cc(C(F)(F)F)ccc2Cc2ccc3ccc(C)nc3c2O)n1. The molecular weight excluding hydrogens is 405 g/mol. The minimum Gasteiger partial charge on any atom is -0.505 e. The Morgan fingerprint density at radius 2 is 1.61 bits per heavy atom. The topological polar surface area (TPSA) is 70.9 Å². The summed E-state index contributed by atoms with van der Waals surface area (Å²) >= 11 is 0. The summed E-state index contributed by atoms with van der Waals surface area (Å²) in [4.78, 5) is 12.7.